The lowest BCUT2D eigenvalue weighted by Crippen LogP contribution is -2.76. The minimum Gasteiger partial charge on any atom is -0.485 e. The highest BCUT2D eigenvalue weighted by molar-refractivity contribution is 7.80. The number of carbonyl (C=O) groups excluding carboxylic acids is 2. The van der Waals surface area contributed by atoms with E-state index in [1.807, 2.05) is 23.7 Å². The van der Waals surface area contributed by atoms with Crippen LogP contribution < -0.4 is 25.7 Å². The molecule has 6 N–H and O–H groups in total. The number of amides is 2. The van der Waals surface area contributed by atoms with E-state index in [-0.39, 0.29) is 10.8 Å². The van der Waals surface area contributed by atoms with E-state index in [9.17, 15) is 27.9 Å². The third-order valence-electron chi connectivity index (χ3n) is 7.40. The van der Waals surface area contributed by atoms with Crippen molar-refractivity contribution in [3.05, 3.63) is 41.3 Å². The maximum Gasteiger partial charge on any atom is 0.418 e. The Labute approximate surface area is 260 Å². The number of pyridine rings is 1. The Hall–Kier alpha value is -4.37. The van der Waals surface area contributed by atoms with E-state index in [0.29, 0.717) is 16.7 Å². The smallest absolute Gasteiger partial charge is 0.418 e. The molecule has 20 heteroatoms. The quantitative estimate of drug-likeness (QED) is 0.0467. The second-order valence-corrected chi connectivity index (χ2v) is 12.9. The number of β-lactam (4-membered cyclic amide) rings is 1. The normalized spacial score (nSPS) is 19.1. The molecule has 0 spiro atoms. The lowest BCUT2D eigenvalue weighted by molar-refractivity contribution is -0.652. The van der Waals surface area contributed by atoms with Crippen LogP contribution in [0.3, 0.4) is 0 Å². The first-order valence-corrected chi connectivity index (χ1v) is 15.7. The zero-order chi connectivity index (χ0) is 32.7. The van der Waals surface area contributed by atoms with Gasteiger partial charge < -0.3 is 31.0 Å². The second kappa shape index (κ2) is 12.2. The summed E-state index contributed by atoms with van der Waals surface area (Å²) in [6.07, 6.45) is 2.95. The van der Waals surface area contributed by atoms with Gasteiger partial charge in [0.15, 0.2) is 16.6 Å². The standard InChI is InChI=1S/C25H30N8O10S2/c1-25(2)20(22(35)33(25)43-45(38,39)40)29-21(34)19(16-12-44-24(26)28-16)30-42-17(23(36)37)11-41-15-4-5-18-31(3)14(9-32(18)10-15)6-13-7-27-8-13/h4-5,9-10,12-13,17,20,27H,6-8,11H2,1-3H3,(H4-,26,28,29,34,36,37,38,39,40)/p+1/b30-19-/t17-,20-/m1/s1. The van der Waals surface area contributed by atoms with E-state index in [1.54, 1.807) is 12.3 Å². The Kier molecular flexibility index (Phi) is 8.68. The van der Waals surface area contributed by atoms with Gasteiger partial charge in [-0.1, -0.05) is 5.16 Å². The number of aryl methyl sites for hydroxylation is 1. The molecule has 0 unspecified atom stereocenters. The molecule has 2 saturated heterocycles. The number of thiazole rings is 1. The number of hydrogen-bond donors (Lipinski definition) is 5. The molecule has 5 heterocycles. The molecule has 0 radical (unpaired) electrons. The Balaban J connectivity index is 1.29. The number of hydrogen-bond acceptors (Lipinski definition) is 13. The number of nitrogens with two attached hydrogens (primary N) is 1. The molecule has 2 amide bonds. The Bertz CT molecular complexity index is 1780. The van der Waals surface area contributed by atoms with Crippen LogP contribution in [0.4, 0.5) is 5.13 Å². The van der Waals surface area contributed by atoms with Crippen LogP contribution in [0.1, 0.15) is 25.2 Å². The maximum atomic E-state index is 13.2. The monoisotopic (exact) mass is 667 g/mol. The summed E-state index contributed by atoms with van der Waals surface area (Å²) in [5, 5.41) is 21.0. The Morgan fingerprint density at radius 1 is 1.33 bits per heavy atom. The summed E-state index contributed by atoms with van der Waals surface area (Å²) in [5.74, 6) is -2.50. The summed E-state index contributed by atoms with van der Waals surface area (Å²) in [7, 11) is -3.04. The van der Waals surface area contributed by atoms with Gasteiger partial charge in [0.25, 0.3) is 23.6 Å². The molecule has 2 aliphatic heterocycles. The molecule has 0 bridgehead atoms. The highest BCUT2D eigenvalue weighted by Gasteiger charge is 2.58. The molecule has 2 aliphatic rings. The number of carbonyl (C=O) groups is 3. The fraction of sp³-hybridized carbons (Fsp3) is 0.440. The van der Waals surface area contributed by atoms with Crippen molar-refractivity contribution in [2.24, 2.45) is 18.1 Å². The molecule has 2 fully saturated rings. The first-order valence-electron chi connectivity index (χ1n) is 13.5. The van der Waals surface area contributed by atoms with Gasteiger partial charge in [-0.25, -0.2) is 14.3 Å². The van der Waals surface area contributed by atoms with Gasteiger partial charge in [0.05, 0.1) is 12.6 Å². The van der Waals surface area contributed by atoms with Crippen molar-refractivity contribution >= 4 is 56.0 Å². The first kappa shape index (κ1) is 32.0. The molecular formula is C25H31N8O10S2+. The van der Waals surface area contributed by atoms with Crippen molar-refractivity contribution < 1.29 is 50.9 Å². The van der Waals surface area contributed by atoms with Gasteiger partial charge in [-0.2, -0.15) is 17.9 Å². The molecule has 0 aromatic carbocycles. The highest BCUT2D eigenvalue weighted by Crippen LogP contribution is 2.33. The lowest BCUT2D eigenvalue weighted by atomic mass is 9.84. The summed E-state index contributed by atoms with van der Waals surface area (Å²) in [5.41, 5.74) is 5.75. The van der Waals surface area contributed by atoms with Gasteiger partial charge in [-0.05, 0) is 38.9 Å². The predicted octanol–water partition coefficient (Wildman–Crippen LogP) is -1.34. The average Bonchev–Trinajstić information content (AvgIpc) is 3.50. The van der Waals surface area contributed by atoms with E-state index < -0.39 is 58.2 Å². The van der Waals surface area contributed by atoms with E-state index in [4.69, 9.17) is 19.9 Å². The number of nitrogens with zero attached hydrogens (tertiary/aromatic N) is 5. The summed E-state index contributed by atoms with van der Waals surface area (Å²) >= 11 is 0.967. The lowest BCUT2D eigenvalue weighted by Gasteiger charge is -2.50. The van der Waals surface area contributed by atoms with Gasteiger partial charge in [-0.15, -0.1) is 15.6 Å². The molecule has 242 valence electrons. The van der Waals surface area contributed by atoms with Crippen LogP contribution in [0, 0.1) is 5.92 Å². The molecule has 2 atom stereocenters. The topological polar surface area (TPSA) is 240 Å². The number of rotatable bonds is 13. The summed E-state index contributed by atoms with van der Waals surface area (Å²) < 4.78 is 45.1. The zero-order valence-electron chi connectivity index (χ0n) is 24.2. The first-order chi connectivity index (χ1) is 21.1. The van der Waals surface area contributed by atoms with Crippen molar-refractivity contribution in [1.82, 2.24) is 25.1 Å². The van der Waals surface area contributed by atoms with E-state index >= 15 is 0 Å². The number of fused-ring (bicyclic) bond motifs is 1. The third-order valence-corrected chi connectivity index (χ3v) is 8.41. The van der Waals surface area contributed by atoms with Crippen LogP contribution in [0.15, 0.2) is 35.1 Å². The number of nitrogen functional groups attached to an aromatic ring is 1. The van der Waals surface area contributed by atoms with Crippen LogP contribution in [-0.4, -0.2) is 93.4 Å². The van der Waals surface area contributed by atoms with Crippen LogP contribution in [0.5, 0.6) is 5.75 Å². The number of carboxylic acids is 1. The van der Waals surface area contributed by atoms with Crippen molar-refractivity contribution in [1.29, 1.82) is 0 Å². The summed E-state index contributed by atoms with van der Waals surface area (Å²) in [6.45, 7) is 4.20. The van der Waals surface area contributed by atoms with Crippen molar-refractivity contribution in [3.8, 4) is 5.75 Å². The van der Waals surface area contributed by atoms with Crippen molar-refractivity contribution in [2.75, 3.05) is 25.4 Å². The number of imidazole rings is 1. The third kappa shape index (κ3) is 6.83. The highest BCUT2D eigenvalue weighted by atomic mass is 32.3. The molecule has 0 saturated carbocycles. The van der Waals surface area contributed by atoms with Gasteiger partial charge in [0.1, 0.15) is 36.4 Å². The van der Waals surface area contributed by atoms with Gasteiger partial charge in [0, 0.05) is 17.9 Å². The molecule has 18 nitrogen and oxygen atoms in total. The largest absolute Gasteiger partial charge is 0.485 e. The van der Waals surface area contributed by atoms with E-state index in [2.05, 4.69) is 29.6 Å². The number of ether oxygens (including phenoxy) is 1. The number of anilines is 1. The SMILES string of the molecule is C[n+]1c(CC2CNC2)cn2cc(OC[C@@H](O/N=C(\C(=O)N[C@@H]3C(=O)N(OS(=O)(=O)O)C3(C)C)c3csc(N)n3)C(=O)O)ccc21. The van der Waals surface area contributed by atoms with Gasteiger partial charge in [-0.3, -0.25) is 14.1 Å². The van der Waals surface area contributed by atoms with Crippen LogP contribution in [0.25, 0.3) is 5.65 Å². The minimum absolute atomic E-state index is 0.0673. The predicted molar refractivity (Wildman–Crippen MR) is 155 cm³/mol. The summed E-state index contributed by atoms with van der Waals surface area (Å²) in [6, 6.07) is 2.21. The van der Waals surface area contributed by atoms with Crippen LogP contribution in [0.2, 0.25) is 0 Å². The number of aromatic nitrogens is 3. The number of aliphatic carboxylic acids is 1. The molecular weight excluding hydrogens is 636 g/mol. The van der Waals surface area contributed by atoms with Crippen LogP contribution >= 0.6 is 11.3 Å². The zero-order valence-corrected chi connectivity index (χ0v) is 25.9. The minimum atomic E-state index is -5.01. The second-order valence-electron chi connectivity index (χ2n) is 11.0. The fourth-order valence-electron chi connectivity index (χ4n) is 4.79. The van der Waals surface area contributed by atoms with Gasteiger partial charge in [0.2, 0.25) is 0 Å². The fourth-order valence-corrected chi connectivity index (χ4v) is 5.79. The number of oxime groups is 1. The molecule has 3 aromatic heterocycles. The van der Waals surface area contributed by atoms with Crippen LogP contribution in [-0.2, 0) is 47.4 Å². The molecule has 3 aromatic rings. The molecule has 0 aliphatic carbocycles. The molecule has 5 rings (SSSR count). The van der Waals surface area contributed by atoms with E-state index in [0.717, 1.165) is 42.2 Å². The summed E-state index contributed by atoms with van der Waals surface area (Å²) in [4.78, 5) is 46.9. The number of carboxylic acid groups (broad SMARTS) is 1. The Morgan fingerprint density at radius 3 is 2.64 bits per heavy atom. The molecule has 45 heavy (non-hydrogen) atoms. The average molecular weight is 668 g/mol. The van der Waals surface area contributed by atoms with E-state index in [1.165, 1.54) is 19.2 Å². The van der Waals surface area contributed by atoms with Gasteiger partial charge >= 0.3 is 16.4 Å². The number of hydroxylamine groups is 2. The van der Waals surface area contributed by atoms with Crippen molar-refractivity contribution in [2.45, 2.75) is 38.0 Å². The Morgan fingerprint density at radius 2 is 2.07 bits per heavy atom. The van der Waals surface area contributed by atoms with Crippen molar-refractivity contribution in [3.63, 3.8) is 0 Å². The maximum absolute atomic E-state index is 13.2. The number of nitrogens with one attached hydrogen (secondary N) is 2.